The van der Waals surface area contributed by atoms with Gasteiger partial charge in [0.1, 0.15) is 5.78 Å². The maximum absolute atomic E-state index is 13.0. The smallest absolute Gasteiger partial charge is 0.159 e. The Kier molecular flexibility index (Phi) is 5.60. The van der Waals surface area contributed by atoms with Crippen LogP contribution in [0, 0.1) is 17.0 Å². The van der Waals surface area contributed by atoms with E-state index in [0.29, 0.717) is 18.5 Å². The van der Waals surface area contributed by atoms with Gasteiger partial charge in [0, 0.05) is 12.8 Å². The van der Waals surface area contributed by atoms with Crippen molar-refractivity contribution in [3.8, 4) is 0 Å². The van der Waals surface area contributed by atoms with Gasteiger partial charge in [-0.05, 0) is 42.5 Å². The van der Waals surface area contributed by atoms with Gasteiger partial charge in [-0.25, -0.2) is 8.78 Å². The van der Waals surface area contributed by atoms with E-state index < -0.39 is 11.6 Å². The van der Waals surface area contributed by atoms with Gasteiger partial charge in [0.15, 0.2) is 11.6 Å². The molecule has 0 unspecified atom stereocenters. The van der Waals surface area contributed by atoms with Crippen molar-refractivity contribution in [2.45, 2.75) is 39.5 Å². The fourth-order valence-corrected chi connectivity index (χ4v) is 1.96. The Morgan fingerprint density at radius 2 is 1.89 bits per heavy atom. The van der Waals surface area contributed by atoms with Crippen LogP contribution in [0.5, 0.6) is 0 Å². The highest BCUT2D eigenvalue weighted by Gasteiger charge is 2.18. The predicted molar refractivity (Wildman–Crippen MR) is 71.8 cm³/mol. The molecule has 0 fully saturated rings. The van der Waals surface area contributed by atoms with Crippen molar-refractivity contribution in [1.82, 2.24) is 0 Å². The first-order chi connectivity index (χ1) is 8.84. The molecule has 1 rings (SSSR count). The zero-order valence-corrected chi connectivity index (χ0v) is 11.5. The average molecular weight is 269 g/mol. The van der Waals surface area contributed by atoms with E-state index in [9.17, 15) is 13.6 Å². The molecule has 0 radical (unpaired) electrons. The molecule has 2 N–H and O–H groups in total. The number of carbonyl (C=O) groups excluding carboxylic acids is 1. The first-order valence-corrected chi connectivity index (χ1v) is 6.50. The molecule has 0 aliphatic heterocycles. The molecule has 0 bridgehead atoms. The molecule has 2 nitrogen and oxygen atoms in total. The number of rotatable bonds is 7. The quantitative estimate of drug-likeness (QED) is 0.825. The third kappa shape index (κ3) is 5.47. The Bertz CT molecular complexity index is 444. The monoisotopic (exact) mass is 269 g/mol. The van der Waals surface area contributed by atoms with Crippen LogP contribution >= 0.6 is 0 Å². The first kappa shape index (κ1) is 15.8. The molecule has 0 aromatic heterocycles. The van der Waals surface area contributed by atoms with Gasteiger partial charge in [-0.15, -0.1) is 0 Å². The number of hydrogen-bond acceptors (Lipinski definition) is 2. The maximum atomic E-state index is 13.0. The highest BCUT2D eigenvalue weighted by Crippen LogP contribution is 2.26. The summed E-state index contributed by atoms with van der Waals surface area (Å²) in [6.07, 6.45) is 2.21. The summed E-state index contributed by atoms with van der Waals surface area (Å²) >= 11 is 0. The van der Waals surface area contributed by atoms with Crippen LogP contribution in [-0.4, -0.2) is 12.3 Å². The molecule has 106 valence electrons. The van der Waals surface area contributed by atoms with Crippen molar-refractivity contribution in [2.24, 2.45) is 11.1 Å². The number of nitrogens with two attached hydrogens (primary N) is 1. The Morgan fingerprint density at radius 3 is 2.47 bits per heavy atom. The van der Waals surface area contributed by atoms with Crippen molar-refractivity contribution < 1.29 is 13.6 Å². The fourth-order valence-electron chi connectivity index (χ4n) is 1.96. The van der Waals surface area contributed by atoms with Crippen LogP contribution in [0.1, 0.15) is 38.7 Å². The van der Waals surface area contributed by atoms with E-state index in [2.05, 4.69) is 13.8 Å². The highest BCUT2D eigenvalue weighted by atomic mass is 19.2. The third-order valence-corrected chi connectivity index (χ3v) is 3.29. The molecule has 0 aliphatic carbocycles. The Hall–Kier alpha value is -1.29. The summed E-state index contributed by atoms with van der Waals surface area (Å²) in [7, 11) is 0. The summed E-state index contributed by atoms with van der Waals surface area (Å²) < 4.78 is 25.8. The largest absolute Gasteiger partial charge is 0.330 e. The molecule has 0 amide bonds. The summed E-state index contributed by atoms with van der Waals surface area (Å²) in [5.74, 6) is -1.76. The number of benzene rings is 1. The normalized spacial score (nSPS) is 11.6. The zero-order chi connectivity index (χ0) is 14.5. The maximum Gasteiger partial charge on any atom is 0.159 e. The molecule has 0 heterocycles. The average Bonchev–Trinajstić information content (AvgIpc) is 2.32. The molecule has 19 heavy (non-hydrogen) atoms. The fraction of sp³-hybridized carbons (Fsp3) is 0.533. The molecule has 1 aromatic rings. The van der Waals surface area contributed by atoms with E-state index in [-0.39, 0.29) is 17.6 Å². The van der Waals surface area contributed by atoms with Crippen LogP contribution in [0.2, 0.25) is 0 Å². The Balaban J connectivity index is 2.49. The van der Waals surface area contributed by atoms with Gasteiger partial charge in [0.2, 0.25) is 0 Å². The minimum atomic E-state index is -0.909. The van der Waals surface area contributed by atoms with Gasteiger partial charge < -0.3 is 5.73 Å². The van der Waals surface area contributed by atoms with Crippen LogP contribution in [-0.2, 0) is 11.2 Å². The van der Waals surface area contributed by atoms with Gasteiger partial charge in [0.05, 0.1) is 0 Å². The van der Waals surface area contributed by atoms with Crippen LogP contribution in [0.25, 0.3) is 0 Å². The van der Waals surface area contributed by atoms with Crippen LogP contribution in [0.4, 0.5) is 8.78 Å². The van der Waals surface area contributed by atoms with Gasteiger partial charge in [-0.3, -0.25) is 4.79 Å². The lowest BCUT2D eigenvalue weighted by Crippen LogP contribution is -2.18. The van der Waals surface area contributed by atoms with E-state index in [1.807, 2.05) is 0 Å². The number of Topliss-reactive ketones (excluding diaryl/α,β-unsaturated/α-hetero) is 1. The van der Waals surface area contributed by atoms with E-state index in [1.54, 1.807) is 0 Å². The van der Waals surface area contributed by atoms with E-state index in [0.717, 1.165) is 25.0 Å². The SMILES string of the molecule is CC(C)(CCN)CCC(=O)Cc1ccc(F)c(F)c1. The van der Waals surface area contributed by atoms with Crippen LogP contribution in [0.15, 0.2) is 18.2 Å². The van der Waals surface area contributed by atoms with Gasteiger partial charge in [0.25, 0.3) is 0 Å². The highest BCUT2D eigenvalue weighted by molar-refractivity contribution is 5.80. The molecule has 0 atom stereocenters. The van der Waals surface area contributed by atoms with Crippen molar-refractivity contribution in [3.63, 3.8) is 0 Å². The number of carbonyl (C=O) groups is 1. The molecule has 4 heteroatoms. The topological polar surface area (TPSA) is 43.1 Å². The Labute approximate surface area is 113 Å². The van der Waals surface area contributed by atoms with Crippen molar-refractivity contribution in [3.05, 3.63) is 35.4 Å². The molecule has 0 aliphatic rings. The van der Waals surface area contributed by atoms with E-state index in [1.165, 1.54) is 6.07 Å². The standard InChI is InChI=1S/C15H21F2NO/c1-15(2,7-8-18)6-5-12(19)9-11-3-4-13(16)14(17)10-11/h3-4,10H,5-9,18H2,1-2H3. The lowest BCUT2D eigenvalue weighted by Gasteiger charge is -2.23. The van der Waals surface area contributed by atoms with E-state index in [4.69, 9.17) is 5.73 Å². The number of hydrogen-bond donors (Lipinski definition) is 1. The van der Waals surface area contributed by atoms with Crippen LogP contribution in [0.3, 0.4) is 0 Å². The molecule has 0 saturated heterocycles. The van der Waals surface area contributed by atoms with Gasteiger partial charge in [-0.1, -0.05) is 19.9 Å². The first-order valence-electron chi connectivity index (χ1n) is 6.50. The summed E-state index contributed by atoms with van der Waals surface area (Å²) in [5.41, 5.74) is 6.07. The van der Waals surface area contributed by atoms with Crippen molar-refractivity contribution >= 4 is 5.78 Å². The second-order valence-corrected chi connectivity index (χ2v) is 5.67. The lowest BCUT2D eigenvalue weighted by atomic mass is 9.83. The summed E-state index contributed by atoms with van der Waals surface area (Å²) in [4.78, 5) is 11.8. The summed E-state index contributed by atoms with van der Waals surface area (Å²) in [5, 5.41) is 0. The summed E-state index contributed by atoms with van der Waals surface area (Å²) in [6.45, 7) is 4.75. The molecular formula is C15H21F2NO. The predicted octanol–water partition coefficient (Wildman–Crippen LogP) is 3.23. The molecule has 0 saturated carbocycles. The minimum absolute atomic E-state index is 0.0381. The summed E-state index contributed by atoms with van der Waals surface area (Å²) in [6, 6.07) is 3.58. The van der Waals surface area contributed by atoms with Crippen LogP contribution < -0.4 is 5.73 Å². The van der Waals surface area contributed by atoms with Gasteiger partial charge >= 0.3 is 0 Å². The molecule has 1 aromatic carbocycles. The second-order valence-electron chi connectivity index (χ2n) is 5.67. The minimum Gasteiger partial charge on any atom is -0.330 e. The van der Waals surface area contributed by atoms with Crippen molar-refractivity contribution in [2.75, 3.05) is 6.54 Å². The zero-order valence-electron chi connectivity index (χ0n) is 11.5. The number of ketones is 1. The lowest BCUT2D eigenvalue weighted by molar-refractivity contribution is -0.119. The van der Waals surface area contributed by atoms with Gasteiger partial charge in [-0.2, -0.15) is 0 Å². The van der Waals surface area contributed by atoms with E-state index >= 15 is 0 Å². The Morgan fingerprint density at radius 1 is 1.21 bits per heavy atom. The molecular weight excluding hydrogens is 248 g/mol. The second kappa shape index (κ2) is 6.75. The number of halogens is 2. The molecule has 0 spiro atoms. The van der Waals surface area contributed by atoms with Crippen molar-refractivity contribution in [1.29, 1.82) is 0 Å². The third-order valence-electron chi connectivity index (χ3n) is 3.29.